The Morgan fingerprint density at radius 1 is 1.41 bits per heavy atom. The predicted octanol–water partition coefficient (Wildman–Crippen LogP) is 2.31. The van der Waals surface area contributed by atoms with Gasteiger partial charge in [-0.2, -0.15) is 0 Å². The molecule has 0 heterocycles. The predicted molar refractivity (Wildman–Crippen MR) is 63.4 cm³/mol. The third kappa shape index (κ3) is 3.19. The van der Waals surface area contributed by atoms with Gasteiger partial charge in [0.05, 0.1) is 5.57 Å². The van der Waals surface area contributed by atoms with Crippen LogP contribution in [0.1, 0.15) is 33.6 Å². The van der Waals surface area contributed by atoms with Gasteiger partial charge in [0, 0.05) is 5.57 Å². The molecule has 1 N–H and O–H groups in total. The lowest BCUT2D eigenvalue weighted by molar-refractivity contribution is -0.148. The van der Waals surface area contributed by atoms with E-state index in [1.165, 1.54) is 13.0 Å². The third-order valence-electron chi connectivity index (χ3n) is 3.08. The van der Waals surface area contributed by atoms with Crippen molar-refractivity contribution in [3.8, 4) is 0 Å². The molecule has 17 heavy (non-hydrogen) atoms. The van der Waals surface area contributed by atoms with Gasteiger partial charge in [-0.05, 0) is 31.8 Å². The molecule has 0 aromatic rings. The molecular weight excluding hydrogens is 220 g/mol. The van der Waals surface area contributed by atoms with Gasteiger partial charge in [-0.1, -0.05) is 20.4 Å². The van der Waals surface area contributed by atoms with Gasteiger partial charge < -0.3 is 9.84 Å². The first kappa shape index (κ1) is 13.5. The van der Waals surface area contributed by atoms with E-state index in [0.29, 0.717) is 0 Å². The summed E-state index contributed by atoms with van der Waals surface area (Å²) in [5.41, 5.74) is -0.205. The minimum atomic E-state index is -1.07. The standard InChI is InChI=1S/C13H18O4/c1-8(2)13(5-6-13)17-12(16)10(4)7-9(3)11(14)15/h7-8H,4-6H2,1-3H3,(H,14,15). The maximum Gasteiger partial charge on any atom is 0.338 e. The lowest BCUT2D eigenvalue weighted by Gasteiger charge is -2.20. The summed E-state index contributed by atoms with van der Waals surface area (Å²) in [4.78, 5) is 22.3. The van der Waals surface area contributed by atoms with Crippen LogP contribution < -0.4 is 0 Å². The van der Waals surface area contributed by atoms with Crippen LogP contribution in [0.2, 0.25) is 0 Å². The average molecular weight is 238 g/mol. The molecule has 0 radical (unpaired) electrons. The van der Waals surface area contributed by atoms with Crippen molar-refractivity contribution >= 4 is 11.9 Å². The Labute approximate surface area is 101 Å². The first-order valence-corrected chi connectivity index (χ1v) is 5.62. The van der Waals surface area contributed by atoms with Gasteiger partial charge in [0.25, 0.3) is 0 Å². The van der Waals surface area contributed by atoms with Crippen molar-refractivity contribution in [2.24, 2.45) is 5.92 Å². The Morgan fingerprint density at radius 2 is 1.94 bits per heavy atom. The van der Waals surface area contributed by atoms with Crippen LogP contribution in [0.15, 0.2) is 23.8 Å². The van der Waals surface area contributed by atoms with Gasteiger partial charge in [-0.15, -0.1) is 0 Å². The summed E-state index contributed by atoms with van der Waals surface area (Å²) < 4.78 is 5.38. The molecule has 0 spiro atoms. The van der Waals surface area contributed by atoms with Crippen molar-refractivity contribution in [3.05, 3.63) is 23.8 Å². The fourth-order valence-electron chi connectivity index (χ4n) is 1.55. The maximum atomic E-state index is 11.7. The number of carbonyl (C=O) groups excluding carboxylic acids is 1. The monoisotopic (exact) mass is 238 g/mol. The molecule has 0 aliphatic heterocycles. The molecule has 1 saturated carbocycles. The van der Waals surface area contributed by atoms with Crippen molar-refractivity contribution in [1.82, 2.24) is 0 Å². The van der Waals surface area contributed by atoms with Gasteiger partial charge >= 0.3 is 11.9 Å². The summed E-state index contributed by atoms with van der Waals surface area (Å²) in [7, 11) is 0. The molecule has 0 atom stereocenters. The van der Waals surface area contributed by atoms with Crippen LogP contribution in [0.25, 0.3) is 0 Å². The summed E-state index contributed by atoms with van der Waals surface area (Å²) in [5, 5.41) is 8.68. The number of hydrogen-bond donors (Lipinski definition) is 1. The van der Waals surface area contributed by atoms with Crippen molar-refractivity contribution < 1.29 is 19.4 Å². The SMILES string of the molecule is C=C(C=C(C)C(=O)O)C(=O)OC1(C(C)C)CC1. The Bertz CT molecular complexity index is 386. The van der Waals surface area contributed by atoms with E-state index in [1.54, 1.807) is 0 Å². The summed E-state index contributed by atoms with van der Waals surface area (Å²) in [6.07, 6.45) is 2.97. The van der Waals surface area contributed by atoms with E-state index in [-0.39, 0.29) is 22.7 Å². The summed E-state index contributed by atoms with van der Waals surface area (Å²) in [5.74, 6) is -1.33. The fourth-order valence-corrected chi connectivity index (χ4v) is 1.55. The quantitative estimate of drug-likeness (QED) is 0.453. The Morgan fingerprint density at radius 3 is 2.29 bits per heavy atom. The van der Waals surface area contributed by atoms with E-state index >= 15 is 0 Å². The lowest BCUT2D eigenvalue weighted by atomic mass is 10.1. The highest BCUT2D eigenvalue weighted by Crippen LogP contribution is 2.46. The van der Waals surface area contributed by atoms with Gasteiger partial charge in [-0.25, -0.2) is 9.59 Å². The number of hydrogen-bond acceptors (Lipinski definition) is 3. The molecule has 0 bridgehead atoms. The molecule has 4 nitrogen and oxygen atoms in total. The second kappa shape index (κ2) is 4.73. The highest BCUT2D eigenvalue weighted by molar-refractivity contribution is 5.95. The summed E-state index contributed by atoms with van der Waals surface area (Å²) in [6, 6.07) is 0. The molecule has 1 fully saturated rings. The zero-order chi connectivity index (χ0) is 13.2. The Kier molecular flexibility index (Phi) is 3.76. The molecule has 0 aromatic heterocycles. The van der Waals surface area contributed by atoms with E-state index in [9.17, 15) is 9.59 Å². The fraction of sp³-hybridized carbons (Fsp3) is 0.538. The molecule has 1 rings (SSSR count). The molecular formula is C13H18O4. The first-order chi connectivity index (χ1) is 7.78. The van der Waals surface area contributed by atoms with Crippen molar-refractivity contribution in [3.63, 3.8) is 0 Å². The van der Waals surface area contributed by atoms with Crippen LogP contribution in [-0.4, -0.2) is 22.6 Å². The molecule has 0 unspecified atom stereocenters. The van der Waals surface area contributed by atoms with Gasteiger partial charge in [0.1, 0.15) is 5.60 Å². The maximum absolute atomic E-state index is 11.7. The Hall–Kier alpha value is -1.58. The molecule has 0 saturated heterocycles. The van der Waals surface area contributed by atoms with Crippen LogP contribution in [0, 0.1) is 5.92 Å². The normalized spacial score (nSPS) is 17.8. The number of carbonyl (C=O) groups is 2. The van der Waals surface area contributed by atoms with E-state index in [4.69, 9.17) is 9.84 Å². The Balaban J connectivity index is 2.63. The largest absolute Gasteiger partial charge is 0.478 e. The molecule has 1 aliphatic rings. The summed E-state index contributed by atoms with van der Waals surface area (Å²) in [6.45, 7) is 8.95. The molecule has 1 aliphatic carbocycles. The van der Waals surface area contributed by atoms with Gasteiger partial charge in [0.15, 0.2) is 0 Å². The first-order valence-electron chi connectivity index (χ1n) is 5.62. The van der Waals surface area contributed by atoms with Crippen LogP contribution >= 0.6 is 0 Å². The van der Waals surface area contributed by atoms with Gasteiger partial charge in [-0.3, -0.25) is 0 Å². The number of ether oxygens (including phenoxy) is 1. The average Bonchev–Trinajstić information content (AvgIpc) is 2.98. The van der Waals surface area contributed by atoms with Crippen molar-refractivity contribution in [2.75, 3.05) is 0 Å². The zero-order valence-electron chi connectivity index (χ0n) is 10.4. The zero-order valence-corrected chi connectivity index (χ0v) is 10.4. The number of carboxylic acid groups (broad SMARTS) is 1. The number of esters is 1. The second-order valence-corrected chi connectivity index (χ2v) is 4.77. The highest BCUT2D eigenvalue weighted by atomic mass is 16.6. The van der Waals surface area contributed by atoms with Gasteiger partial charge in [0.2, 0.25) is 0 Å². The molecule has 4 heteroatoms. The topological polar surface area (TPSA) is 63.6 Å². The number of carboxylic acids is 1. The lowest BCUT2D eigenvalue weighted by Crippen LogP contribution is -2.25. The van der Waals surface area contributed by atoms with Crippen molar-refractivity contribution in [1.29, 1.82) is 0 Å². The summed E-state index contributed by atoms with van der Waals surface area (Å²) >= 11 is 0. The highest BCUT2D eigenvalue weighted by Gasteiger charge is 2.49. The number of aliphatic carboxylic acids is 1. The van der Waals surface area contributed by atoms with Crippen LogP contribution in [0.3, 0.4) is 0 Å². The molecule has 0 aromatic carbocycles. The minimum Gasteiger partial charge on any atom is -0.478 e. The van der Waals surface area contributed by atoms with Crippen LogP contribution in [-0.2, 0) is 14.3 Å². The van der Waals surface area contributed by atoms with E-state index in [1.807, 2.05) is 13.8 Å². The van der Waals surface area contributed by atoms with E-state index in [0.717, 1.165) is 12.8 Å². The van der Waals surface area contributed by atoms with E-state index in [2.05, 4.69) is 6.58 Å². The molecule has 0 amide bonds. The third-order valence-corrected chi connectivity index (χ3v) is 3.08. The van der Waals surface area contributed by atoms with Crippen LogP contribution in [0.5, 0.6) is 0 Å². The smallest absolute Gasteiger partial charge is 0.338 e. The molecule has 94 valence electrons. The van der Waals surface area contributed by atoms with Crippen LogP contribution in [0.4, 0.5) is 0 Å². The minimum absolute atomic E-state index is 0.0707. The van der Waals surface area contributed by atoms with E-state index < -0.39 is 11.9 Å². The second-order valence-electron chi connectivity index (χ2n) is 4.77. The number of rotatable bonds is 5. The van der Waals surface area contributed by atoms with Crippen molar-refractivity contribution in [2.45, 2.75) is 39.2 Å².